The van der Waals surface area contributed by atoms with E-state index in [4.69, 9.17) is 5.11 Å². The molecular formula is C14H22N2O4S. The van der Waals surface area contributed by atoms with E-state index in [9.17, 15) is 13.2 Å². The molecule has 7 heteroatoms. The topological polar surface area (TPSA) is 95.5 Å². The Balaban J connectivity index is 3.36. The Kier molecular flexibility index (Phi) is 5.36. The maximum absolute atomic E-state index is 12.3. The fourth-order valence-electron chi connectivity index (χ4n) is 1.70. The third-order valence-corrected chi connectivity index (χ3v) is 4.07. The number of nitrogens with one attached hydrogen (secondary N) is 2. The molecule has 0 aliphatic heterocycles. The lowest BCUT2D eigenvalue weighted by Gasteiger charge is -2.24. The van der Waals surface area contributed by atoms with Crippen LogP contribution < -0.4 is 10.0 Å². The van der Waals surface area contributed by atoms with E-state index < -0.39 is 16.0 Å². The normalized spacial score (nSPS) is 12.2. The number of hydrogen-bond donors (Lipinski definition) is 3. The smallest absolute Gasteiger partial charge is 0.335 e. The zero-order valence-corrected chi connectivity index (χ0v) is 13.5. The molecule has 0 spiro atoms. The quantitative estimate of drug-likeness (QED) is 0.748. The molecule has 0 radical (unpaired) electrons. The van der Waals surface area contributed by atoms with Gasteiger partial charge in [0.25, 0.3) is 0 Å². The van der Waals surface area contributed by atoms with Crippen molar-refractivity contribution in [3.63, 3.8) is 0 Å². The number of rotatable bonds is 6. The third-order valence-electron chi connectivity index (χ3n) is 2.57. The molecule has 0 aliphatic rings. The predicted octanol–water partition coefficient (Wildman–Crippen LogP) is 2.28. The van der Waals surface area contributed by atoms with Crippen molar-refractivity contribution in [1.29, 1.82) is 0 Å². The van der Waals surface area contributed by atoms with E-state index >= 15 is 0 Å². The SMILES string of the molecule is CCCNS(=O)(=O)c1cc(C(=O)O)ccc1NC(C)(C)C. The van der Waals surface area contributed by atoms with Crippen molar-refractivity contribution < 1.29 is 18.3 Å². The lowest BCUT2D eigenvalue weighted by atomic mass is 10.1. The molecule has 1 aromatic rings. The highest BCUT2D eigenvalue weighted by Crippen LogP contribution is 2.25. The summed E-state index contributed by atoms with van der Waals surface area (Å²) in [5.74, 6) is -1.16. The van der Waals surface area contributed by atoms with E-state index in [1.807, 2.05) is 27.7 Å². The summed E-state index contributed by atoms with van der Waals surface area (Å²) in [6.45, 7) is 7.84. The number of sulfonamides is 1. The number of aromatic carboxylic acids is 1. The van der Waals surface area contributed by atoms with E-state index in [0.29, 0.717) is 18.7 Å². The highest BCUT2D eigenvalue weighted by molar-refractivity contribution is 7.89. The fraction of sp³-hybridized carbons (Fsp3) is 0.500. The van der Waals surface area contributed by atoms with Gasteiger partial charge in [0.2, 0.25) is 10.0 Å². The van der Waals surface area contributed by atoms with Crippen molar-refractivity contribution in [2.24, 2.45) is 0 Å². The minimum absolute atomic E-state index is 0.0502. The lowest BCUT2D eigenvalue weighted by molar-refractivity contribution is 0.0696. The van der Waals surface area contributed by atoms with E-state index in [1.54, 1.807) is 0 Å². The first kappa shape index (κ1) is 17.5. The molecule has 0 fully saturated rings. The van der Waals surface area contributed by atoms with Crippen molar-refractivity contribution in [3.8, 4) is 0 Å². The molecule has 0 saturated heterocycles. The second-order valence-corrected chi connectivity index (χ2v) is 7.52. The van der Waals surface area contributed by atoms with Gasteiger partial charge in [0.1, 0.15) is 4.90 Å². The minimum Gasteiger partial charge on any atom is -0.478 e. The van der Waals surface area contributed by atoms with Gasteiger partial charge in [-0.1, -0.05) is 6.92 Å². The van der Waals surface area contributed by atoms with Gasteiger partial charge in [-0.2, -0.15) is 0 Å². The van der Waals surface area contributed by atoms with Crippen LogP contribution in [0.25, 0.3) is 0 Å². The van der Waals surface area contributed by atoms with E-state index in [2.05, 4.69) is 10.0 Å². The van der Waals surface area contributed by atoms with Crippen LogP contribution in [0.2, 0.25) is 0 Å². The average molecular weight is 314 g/mol. The molecule has 118 valence electrons. The highest BCUT2D eigenvalue weighted by Gasteiger charge is 2.22. The van der Waals surface area contributed by atoms with Gasteiger partial charge in [-0.25, -0.2) is 17.9 Å². The number of anilines is 1. The van der Waals surface area contributed by atoms with Crippen LogP contribution in [0.4, 0.5) is 5.69 Å². The van der Waals surface area contributed by atoms with Gasteiger partial charge in [0.05, 0.1) is 11.3 Å². The summed E-state index contributed by atoms with van der Waals surface area (Å²) in [7, 11) is -3.76. The fourth-order valence-corrected chi connectivity index (χ4v) is 3.02. The minimum atomic E-state index is -3.76. The first-order valence-corrected chi connectivity index (χ1v) is 8.20. The Labute approximate surface area is 125 Å². The average Bonchev–Trinajstić information content (AvgIpc) is 2.34. The van der Waals surface area contributed by atoms with Gasteiger partial charge < -0.3 is 10.4 Å². The van der Waals surface area contributed by atoms with Crippen LogP contribution in [0.1, 0.15) is 44.5 Å². The van der Waals surface area contributed by atoms with Crippen molar-refractivity contribution in [3.05, 3.63) is 23.8 Å². The summed E-state index contributed by atoms with van der Waals surface area (Å²) in [6.07, 6.45) is 0.653. The van der Waals surface area contributed by atoms with Crippen LogP contribution in [0, 0.1) is 0 Å². The zero-order chi connectivity index (χ0) is 16.3. The second kappa shape index (κ2) is 6.44. The molecule has 0 heterocycles. The van der Waals surface area contributed by atoms with Gasteiger partial charge in [0.15, 0.2) is 0 Å². The van der Waals surface area contributed by atoms with Gasteiger partial charge in [0, 0.05) is 12.1 Å². The Bertz CT molecular complexity index is 618. The standard InChI is InChI=1S/C14H22N2O4S/c1-5-8-15-21(19,20)12-9-10(13(17)18)6-7-11(12)16-14(2,3)4/h6-7,9,15-16H,5,8H2,1-4H3,(H,17,18). The zero-order valence-electron chi connectivity index (χ0n) is 12.7. The summed E-state index contributed by atoms with van der Waals surface area (Å²) in [6, 6.07) is 4.04. The predicted molar refractivity (Wildman–Crippen MR) is 82.3 cm³/mol. The summed E-state index contributed by atoms with van der Waals surface area (Å²) < 4.78 is 27.1. The van der Waals surface area contributed by atoms with E-state index in [-0.39, 0.29) is 16.0 Å². The summed E-state index contributed by atoms with van der Waals surface area (Å²) >= 11 is 0. The van der Waals surface area contributed by atoms with E-state index in [1.165, 1.54) is 18.2 Å². The largest absolute Gasteiger partial charge is 0.478 e. The van der Waals surface area contributed by atoms with Crippen LogP contribution >= 0.6 is 0 Å². The van der Waals surface area contributed by atoms with Crippen LogP contribution in [-0.4, -0.2) is 31.6 Å². The van der Waals surface area contributed by atoms with Crippen LogP contribution in [0.5, 0.6) is 0 Å². The Morgan fingerprint density at radius 1 is 1.29 bits per heavy atom. The Morgan fingerprint density at radius 3 is 2.38 bits per heavy atom. The van der Waals surface area contributed by atoms with Crippen molar-refractivity contribution in [2.75, 3.05) is 11.9 Å². The molecule has 6 nitrogen and oxygen atoms in total. The Hall–Kier alpha value is -1.60. The maximum Gasteiger partial charge on any atom is 0.335 e. The number of carbonyl (C=O) groups is 1. The molecule has 0 atom stereocenters. The van der Waals surface area contributed by atoms with Crippen molar-refractivity contribution in [1.82, 2.24) is 4.72 Å². The van der Waals surface area contributed by atoms with Gasteiger partial charge in [-0.3, -0.25) is 0 Å². The maximum atomic E-state index is 12.3. The molecule has 21 heavy (non-hydrogen) atoms. The molecule has 0 amide bonds. The van der Waals surface area contributed by atoms with Gasteiger partial charge in [-0.05, 0) is 45.4 Å². The Morgan fingerprint density at radius 2 is 1.90 bits per heavy atom. The third kappa shape index (κ3) is 5.02. The molecule has 0 saturated carbocycles. The molecule has 0 bridgehead atoms. The second-order valence-electron chi connectivity index (χ2n) is 5.79. The number of carboxylic acid groups (broad SMARTS) is 1. The molecule has 0 aliphatic carbocycles. The van der Waals surface area contributed by atoms with Crippen molar-refractivity contribution in [2.45, 2.75) is 44.6 Å². The summed E-state index contributed by atoms with van der Waals surface area (Å²) in [5, 5.41) is 12.1. The first-order valence-electron chi connectivity index (χ1n) is 6.72. The van der Waals surface area contributed by atoms with Crippen LogP contribution in [0.15, 0.2) is 23.1 Å². The highest BCUT2D eigenvalue weighted by atomic mass is 32.2. The first-order chi connectivity index (χ1) is 9.57. The summed E-state index contributed by atoms with van der Waals surface area (Å²) in [4.78, 5) is 11.0. The number of benzene rings is 1. The molecule has 0 unspecified atom stereocenters. The van der Waals surface area contributed by atoms with Crippen LogP contribution in [0.3, 0.4) is 0 Å². The molecule has 1 aromatic carbocycles. The van der Waals surface area contributed by atoms with Crippen LogP contribution in [-0.2, 0) is 10.0 Å². The lowest BCUT2D eigenvalue weighted by Crippen LogP contribution is -2.30. The van der Waals surface area contributed by atoms with Crippen molar-refractivity contribution >= 4 is 21.7 Å². The van der Waals surface area contributed by atoms with Gasteiger partial charge in [-0.15, -0.1) is 0 Å². The molecule has 0 aromatic heterocycles. The van der Waals surface area contributed by atoms with E-state index in [0.717, 1.165) is 0 Å². The summed E-state index contributed by atoms with van der Waals surface area (Å²) in [5.41, 5.74) is -0.0258. The molecule has 1 rings (SSSR count). The number of hydrogen-bond acceptors (Lipinski definition) is 4. The monoisotopic (exact) mass is 314 g/mol. The molecule has 3 N–H and O–H groups in total. The number of carboxylic acids is 1. The molecular weight excluding hydrogens is 292 g/mol. The van der Waals surface area contributed by atoms with Gasteiger partial charge >= 0.3 is 5.97 Å².